The molecule has 1 aromatic heterocycles. The Kier molecular flexibility index (Phi) is 3.45. The van der Waals surface area contributed by atoms with Gasteiger partial charge in [0.05, 0.1) is 6.20 Å². The van der Waals surface area contributed by atoms with Crippen molar-refractivity contribution in [2.75, 3.05) is 0 Å². The first-order valence-corrected chi connectivity index (χ1v) is 4.93. The second kappa shape index (κ2) is 5.03. The molecule has 0 fully saturated rings. The number of rotatable bonds is 3. The van der Waals surface area contributed by atoms with E-state index in [2.05, 4.69) is 9.72 Å². The third kappa shape index (κ3) is 2.58. The van der Waals surface area contributed by atoms with Crippen molar-refractivity contribution in [3.05, 3.63) is 48.2 Å². The Balaban J connectivity index is 2.49. The molecule has 6 heteroatoms. The Bertz CT molecular complexity index is 560. The highest BCUT2D eigenvalue weighted by atomic mass is 19.3. The normalized spacial score (nSPS) is 10.7. The molecular formula is C12H7F4NO. The molecule has 1 heterocycles. The van der Waals surface area contributed by atoms with Crippen LogP contribution in [0.2, 0.25) is 0 Å². The van der Waals surface area contributed by atoms with Crippen molar-refractivity contribution in [2.24, 2.45) is 0 Å². The minimum atomic E-state index is -3.03. The largest absolute Gasteiger partial charge is 0.434 e. The molecule has 0 aliphatic carbocycles. The molecule has 18 heavy (non-hydrogen) atoms. The number of hydrogen-bond acceptors (Lipinski definition) is 2. The van der Waals surface area contributed by atoms with E-state index in [0.29, 0.717) is 6.07 Å². The average Bonchev–Trinajstić information content (AvgIpc) is 2.30. The maximum absolute atomic E-state index is 13.5. The summed E-state index contributed by atoms with van der Waals surface area (Å²) in [6, 6.07) is 6.22. The van der Waals surface area contributed by atoms with Crippen LogP contribution < -0.4 is 4.74 Å². The van der Waals surface area contributed by atoms with Crippen LogP contribution in [0.25, 0.3) is 11.3 Å². The number of alkyl halides is 2. The molecule has 0 N–H and O–H groups in total. The predicted molar refractivity (Wildman–Crippen MR) is 56.2 cm³/mol. The van der Waals surface area contributed by atoms with Crippen LogP contribution in [0, 0.1) is 11.6 Å². The summed E-state index contributed by atoms with van der Waals surface area (Å²) in [7, 11) is 0. The second-order valence-corrected chi connectivity index (χ2v) is 3.36. The van der Waals surface area contributed by atoms with Gasteiger partial charge in [-0.1, -0.05) is 12.1 Å². The van der Waals surface area contributed by atoms with E-state index in [1.54, 1.807) is 0 Å². The minimum absolute atomic E-state index is 0.0373. The lowest BCUT2D eigenvalue weighted by Gasteiger charge is -2.10. The van der Waals surface area contributed by atoms with Gasteiger partial charge < -0.3 is 4.74 Å². The second-order valence-electron chi connectivity index (χ2n) is 3.36. The van der Waals surface area contributed by atoms with Crippen LogP contribution in [0.4, 0.5) is 17.6 Å². The first-order chi connectivity index (χ1) is 8.58. The van der Waals surface area contributed by atoms with E-state index in [-0.39, 0.29) is 17.0 Å². The summed E-state index contributed by atoms with van der Waals surface area (Å²) >= 11 is 0. The number of pyridine rings is 1. The first-order valence-electron chi connectivity index (χ1n) is 4.93. The van der Waals surface area contributed by atoms with Gasteiger partial charge in [0.25, 0.3) is 0 Å². The maximum Gasteiger partial charge on any atom is 0.387 e. The van der Waals surface area contributed by atoms with Crippen LogP contribution in [-0.4, -0.2) is 11.6 Å². The van der Waals surface area contributed by atoms with Crippen LogP contribution in [0.1, 0.15) is 0 Å². The molecule has 94 valence electrons. The van der Waals surface area contributed by atoms with Crippen molar-refractivity contribution in [1.29, 1.82) is 0 Å². The highest BCUT2D eigenvalue weighted by Gasteiger charge is 2.15. The zero-order valence-corrected chi connectivity index (χ0v) is 8.91. The summed E-state index contributed by atoms with van der Waals surface area (Å²) in [5, 5.41) is 0. The predicted octanol–water partition coefficient (Wildman–Crippen LogP) is 3.63. The molecule has 2 aromatic rings. The molecule has 0 saturated heterocycles. The van der Waals surface area contributed by atoms with E-state index >= 15 is 0 Å². The van der Waals surface area contributed by atoms with Gasteiger partial charge in [-0.25, -0.2) is 13.8 Å². The highest BCUT2D eigenvalue weighted by molar-refractivity contribution is 5.67. The van der Waals surface area contributed by atoms with Crippen LogP contribution in [0.15, 0.2) is 36.5 Å². The molecular weight excluding hydrogens is 250 g/mol. The molecule has 0 spiro atoms. The Morgan fingerprint density at radius 3 is 2.50 bits per heavy atom. The lowest BCUT2D eigenvalue weighted by molar-refractivity contribution is -0.0494. The summed E-state index contributed by atoms with van der Waals surface area (Å²) in [5.74, 6) is -2.01. The topological polar surface area (TPSA) is 22.1 Å². The number of para-hydroxylation sites is 1. The fourth-order valence-corrected chi connectivity index (χ4v) is 1.47. The summed E-state index contributed by atoms with van der Waals surface area (Å²) in [6.07, 6.45) is 0.803. The summed E-state index contributed by atoms with van der Waals surface area (Å²) in [5.41, 5.74) is -0.206. The smallest absolute Gasteiger partial charge is 0.387 e. The Hall–Kier alpha value is -2.11. The number of benzene rings is 1. The van der Waals surface area contributed by atoms with Crippen molar-refractivity contribution in [1.82, 2.24) is 4.98 Å². The number of hydrogen-bond donors (Lipinski definition) is 0. The van der Waals surface area contributed by atoms with Crippen molar-refractivity contribution < 1.29 is 22.3 Å². The zero-order valence-electron chi connectivity index (χ0n) is 8.91. The number of nitrogens with zero attached hydrogens (tertiary/aromatic N) is 1. The molecule has 0 unspecified atom stereocenters. The molecule has 1 aromatic carbocycles. The third-order valence-corrected chi connectivity index (χ3v) is 2.17. The van der Waals surface area contributed by atoms with E-state index in [0.717, 1.165) is 6.20 Å². The molecule has 0 aliphatic rings. The van der Waals surface area contributed by atoms with Crippen molar-refractivity contribution in [3.63, 3.8) is 0 Å². The third-order valence-electron chi connectivity index (χ3n) is 2.17. The van der Waals surface area contributed by atoms with Gasteiger partial charge in [0.1, 0.15) is 17.3 Å². The van der Waals surface area contributed by atoms with Gasteiger partial charge in [0, 0.05) is 11.6 Å². The number of halogens is 4. The molecule has 2 rings (SSSR count). The van der Waals surface area contributed by atoms with E-state index in [1.165, 1.54) is 24.3 Å². The maximum atomic E-state index is 13.5. The van der Waals surface area contributed by atoms with Gasteiger partial charge in [-0.05, 0) is 12.1 Å². The highest BCUT2D eigenvalue weighted by Crippen LogP contribution is 2.31. The van der Waals surface area contributed by atoms with E-state index in [9.17, 15) is 17.6 Å². The lowest BCUT2D eigenvalue weighted by atomic mass is 10.1. The van der Waals surface area contributed by atoms with Gasteiger partial charge >= 0.3 is 6.61 Å². The van der Waals surface area contributed by atoms with Gasteiger partial charge in [-0.3, -0.25) is 0 Å². The van der Waals surface area contributed by atoms with Crippen molar-refractivity contribution in [3.8, 4) is 17.0 Å². The molecule has 0 amide bonds. The van der Waals surface area contributed by atoms with Crippen molar-refractivity contribution >= 4 is 0 Å². The van der Waals surface area contributed by atoms with Gasteiger partial charge in [-0.2, -0.15) is 8.78 Å². The quantitative estimate of drug-likeness (QED) is 0.783. The monoisotopic (exact) mass is 257 g/mol. The standard InChI is InChI=1S/C12H7F4NO/c13-7-5-9(14)11(17-6-7)8-3-1-2-4-10(8)18-12(15)16/h1-6,12H. The Morgan fingerprint density at radius 2 is 1.83 bits per heavy atom. The summed E-state index contributed by atoms with van der Waals surface area (Å²) in [4.78, 5) is 3.54. The summed E-state index contributed by atoms with van der Waals surface area (Å²) in [6.45, 7) is -3.03. The van der Waals surface area contributed by atoms with Crippen molar-refractivity contribution in [2.45, 2.75) is 6.61 Å². The number of ether oxygens (including phenoxy) is 1. The minimum Gasteiger partial charge on any atom is -0.434 e. The molecule has 0 atom stereocenters. The summed E-state index contributed by atoms with van der Waals surface area (Å²) < 4.78 is 54.8. The number of aromatic nitrogens is 1. The first kappa shape index (κ1) is 12.3. The average molecular weight is 257 g/mol. The van der Waals surface area contributed by atoms with Crippen LogP contribution >= 0.6 is 0 Å². The lowest BCUT2D eigenvalue weighted by Crippen LogP contribution is -2.04. The molecule has 0 radical (unpaired) electrons. The Labute approximate surface area is 99.8 Å². The zero-order chi connectivity index (χ0) is 13.1. The Morgan fingerprint density at radius 1 is 1.11 bits per heavy atom. The molecule has 0 aliphatic heterocycles. The molecule has 0 bridgehead atoms. The van der Waals surface area contributed by atoms with Crippen LogP contribution in [0.5, 0.6) is 5.75 Å². The van der Waals surface area contributed by atoms with Gasteiger partial charge in [0.2, 0.25) is 0 Å². The SMILES string of the molecule is Fc1cnc(-c2ccccc2OC(F)F)c(F)c1. The van der Waals surface area contributed by atoms with Gasteiger partial charge in [-0.15, -0.1) is 0 Å². The van der Waals surface area contributed by atoms with E-state index in [4.69, 9.17) is 0 Å². The fourth-order valence-electron chi connectivity index (χ4n) is 1.47. The van der Waals surface area contributed by atoms with Crippen LogP contribution in [0.3, 0.4) is 0 Å². The van der Waals surface area contributed by atoms with Gasteiger partial charge in [0.15, 0.2) is 5.82 Å². The molecule has 2 nitrogen and oxygen atoms in total. The van der Waals surface area contributed by atoms with E-state index < -0.39 is 18.2 Å². The fraction of sp³-hybridized carbons (Fsp3) is 0.0833. The van der Waals surface area contributed by atoms with E-state index in [1.807, 2.05) is 0 Å². The molecule has 0 saturated carbocycles. The van der Waals surface area contributed by atoms with Crippen LogP contribution in [-0.2, 0) is 0 Å².